The smallest absolute Gasteiger partial charge is 0.178 e. The third-order valence-electron chi connectivity index (χ3n) is 6.39. The van der Waals surface area contributed by atoms with E-state index in [0.717, 1.165) is 54.3 Å². The lowest BCUT2D eigenvalue weighted by Gasteiger charge is -2.34. The third kappa shape index (κ3) is 4.40. The van der Waals surface area contributed by atoms with Gasteiger partial charge in [0.25, 0.3) is 0 Å². The van der Waals surface area contributed by atoms with Crippen molar-refractivity contribution < 1.29 is 19.4 Å². The number of carbonyl (C=O) groups excluding carboxylic acids is 1. The number of aliphatic hydroxyl groups is 1. The van der Waals surface area contributed by atoms with Crippen molar-refractivity contribution in [3.8, 4) is 11.5 Å². The molecular formula is C24H32N2O4. The summed E-state index contributed by atoms with van der Waals surface area (Å²) in [5.74, 6) is 1.71. The largest absolute Gasteiger partial charge is 0.486 e. The summed E-state index contributed by atoms with van der Waals surface area (Å²) >= 11 is 0. The molecule has 2 unspecified atom stereocenters. The number of hydrogen-bond acceptors (Lipinski definition) is 5. The van der Waals surface area contributed by atoms with Crippen molar-refractivity contribution in [3.05, 3.63) is 47.3 Å². The van der Waals surface area contributed by atoms with Crippen LogP contribution in [-0.2, 0) is 6.54 Å². The summed E-state index contributed by atoms with van der Waals surface area (Å²) in [6.45, 7) is 6.73. The van der Waals surface area contributed by atoms with Crippen molar-refractivity contribution in [1.82, 2.24) is 9.47 Å². The molecule has 2 atom stereocenters. The van der Waals surface area contributed by atoms with E-state index in [9.17, 15) is 9.90 Å². The van der Waals surface area contributed by atoms with Crippen LogP contribution in [0.1, 0.15) is 47.4 Å². The highest BCUT2D eigenvalue weighted by Gasteiger charge is 2.27. The number of nitrogens with zero attached hydrogens (tertiary/aromatic N) is 2. The molecule has 1 N–H and O–H groups in total. The van der Waals surface area contributed by atoms with Gasteiger partial charge in [0.15, 0.2) is 23.4 Å². The first kappa shape index (κ1) is 20.9. The summed E-state index contributed by atoms with van der Waals surface area (Å²) in [5.41, 5.74) is 2.83. The molecule has 3 heterocycles. The summed E-state index contributed by atoms with van der Waals surface area (Å²) in [7, 11) is 0. The van der Waals surface area contributed by atoms with Gasteiger partial charge in [0, 0.05) is 29.6 Å². The molecule has 0 aliphatic carbocycles. The lowest BCUT2D eigenvalue weighted by atomic mass is 9.98. The summed E-state index contributed by atoms with van der Waals surface area (Å²) in [6.07, 6.45) is 4.01. The molecule has 1 saturated heterocycles. The molecule has 6 nitrogen and oxygen atoms in total. The van der Waals surface area contributed by atoms with Crippen LogP contribution in [0.4, 0.5) is 0 Å². The van der Waals surface area contributed by atoms with E-state index in [1.54, 1.807) is 0 Å². The van der Waals surface area contributed by atoms with Gasteiger partial charge in [0.05, 0.1) is 13.1 Å². The average Bonchev–Trinajstić information content (AvgIpc) is 3.03. The monoisotopic (exact) mass is 412 g/mol. The van der Waals surface area contributed by atoms with Crippen LogP contribution in [-0.4, -0.2) is 58.8 Å². The highest BCUT2D eigenvalue weighted by Crippen LogP contribution is 2.31. The number of rotatable bonds is 7. The molecule has 1 aromatic carbocycles. The number of piperidine rings is 1. The zero-order valence-electron chi connectivity index (χ0n) is 18.0. The van der Waals surface area contributed by atoms with Gasteiger partial charge in [-0.25, -0.2) is 0 Å². The molecule has 162 valence electrons. The molecular weight excluding hydrogens is 380 g/mol. The average molecular weight is 413 g/mol. The number of fused-ring (bicyclic) bond motifs is 1. The highest BCUT2D eigenvalue weighted by atomic mass is 16.6. The lowest BCUT2D eigenvalue weighted by molar-refractivity contribution is 0.0771. The van der Waals surface area contributed by atoms with Crippen molar-refractivity contribution in [2.75, 3.05) is 26.3 Å². The number of aryl methyl sites for hydroxylation is 1. The molecule has 1 aromatic heterocycles. The fourth-order valence-corrected chi connectivity index (χ4v) is 4.73. The Bertz CT molecular complexity index is 889. The molecule has 30 heavy (non-hydrogen) atoms. The second-order valence-electron chi connectivity index (χ2n) is 8.45. The van der Waals surface area contributed by atoms with E-state index < -0.39 is 0 Å². The first-order valence-corrected chi connectivity index (χ1v) is 11.0. The topological polar surface area (TPSA) is 63.9 Å². The van der Waals surface area contributed by atoms with Crippen LogP contribution in [0.2, 0.25) is 0 Å². The van der Waals surface area contributed by atoms with Gasteiger partial charge in [-0.2, -0.15) is 0 Å². The number of ketones is 1. The summed E-state index contributed by atoms with van der Waals surface area (Å²) in [5, 5.41) is 9.35. The second-order valence-corrected chi connectivity index (χ2v) is 8.45. The zero-order chi connectivity index (χ0) is 21.1. The Balaban J connectivity index is 1.45. The highest BCUT2D eigenvalue weighted by molar-refractivity contribution is 5.99. The van der Waals surface area contributed by atoms with E-state index in [2.05, 4.69) is 9.47 Å². The number of aliphatic hydroxyl groups excluding tert-OH is 1. The van der Waals surface area contributed by atoms with Crippen molar-refractivity contribution in [3.63, 3.8) is 0 Å². The van der Waals surface area contributed by atoms with Crippen LogP contribution in [0.15, 0.2) is 30.3 Å². The van der Waals surface area contributed by atoms with E-state index in [4.69, 9.17) is 9.47 Å². The molecule has 2 aromatic rings. The predicted molar refractivity (Wildman–Crippen MR) is 116 cm³/mol. The Kier molecular flexibility index (Phi) is 6.44. The molecule has 1 fully saturated rings. The molecule has 2 aliphatic heterocycles. The fraction of sp³-hybridized carbons (Fsp3) is 0.542. The van der Waals surface area contributed by atoms with Crippen LogP contribution in [0.3, 0.4) is 0 Å². The number of benzene rings is 1. The Morgan fingerprint density at radius 3 is 2.80 bits per heavy atom. The summed E-state index contributed by atoms with van der Waals surface area (Å²) in [4.78, 5) is 15.4. The number of carbonyl (C=O) groups is 1. The molecule has 6 heteroatoms. The Morgan fingerprint density at radius 2 is 2.00 bits per heavy atom. The molecule has 0 amide bonds. The van der Waals surface area contributed by atoms with Crippen molar-refractivity contribution >= 4 is 5.78 Å². The van der Waals surface area contributed by atoms with Crippen LogP contribution < -0.4 is 9.47 Å². The normalized spacial score (nSPS) is 21.6. The van der Waals surface area contributed by atoms with Crippen LogP contribution in [0.5, 0.6) is 11.5 Å². The van der Waals surface area contributed by atoms with Gasteiger partial charge in [-0.05, 0) is 57.9 Å². The minimum atomic E-state index is -0.0938. The summed E-state index contributed by atoms with van der Waals surface area (Å²) in [6, 6.07) is 10.0. The number of Topliss-reactive ketones (excluding diaryl/α,β-unsaturated/α-hetero) is 1. The van der Waals surface area contributed by atoms with Gasteiger partial charge in [-0.15, -0.1) is 0 Å². The second kappa shape index (κ2) is 9.23. The minimum Gasteiger partial charge on any atom is -0.486 e. The van der Waals surface area contributed by atoms with Gasteiger partial charge in [0.1, 0.15) is 6.61 Å². The quantitative estimate of drug-likeness (QED) is 0.707. The van der Waals surface area contributed by atoms with E-state index in [-0.39, 0.29) is 18.5 Å². The zero-order valence-corrected chi connectivity index (χ0v) is 18.0. The van der Waals surface area contributed by atoms with Gasteiger partial charge >= 0.3 is 0 Å². The predicted octanol–water partition coefficient (Wildman–Crippen LogP) is 3.36. The number of ether oxygens (including phenoxy) is 2. The van der Waals surface area contributed by atoms with Crippen LogP contribution in [0.25, 0.3) is 0 Å². The van der Waals surface area contributed by atoms with Gasteiger partial charge < -0.3 is 19.1 Å². The maximum Gasteiger partial charge on any atom is 0.178 e. The first-order valence-electron chi connectivity index (χ1n) is 11.0. The molecule has 0 spiro atoms. The van der Waals surface area contributed by atoms with E-state index in [1.165, 1.54) is 6.42 Å². The van der Waals surface area contributed by atoms with Gasteiger partial charge in [0.2, 0.25) is 0 Å². The van der Waals surface area contributed by atoms with Crippen LogP contribution >= 0.6 is 0 Å². The maximum atomic E-state index is 13.1. The molecule has 0 bridgehead atoms. The Labute approximate surface area is 178 Å². The third-order valence-corrected chi connectivity index (χ3v) is 6.39. The van der Waals surface area contributed by atoms with Crippen LogP contribution in [0, 0.1) is 13.8 Å². The minimum absolute atomic E-state index is 0.0938. The SMILES string of the molecule is Cc1cc(C(=O)CN2CCCCC2CCO)c(C)n1CC1COc2ccccc2O1. The number of para-hydroxylation sites is 2. The van der Waals surface area contributed by atoms with Gasteiger partial charge in [-0.1, -0.05) is 18.6 Å². The first-order chi connectivity index (χ1) is 14.6. The van der Waals surface area contributed by atoms with Crippen molar-refractivity contribution in [2.45, 2.75) is 58.2 Å². The van der Waals surface area contributed by atoms with E-state index >= 15 is 0 Å². The van der Waals surface area contributed by atoms with Gasteiger partial charge in [-0.3, -0.25) is 9.69 Å². The molecule has 0 radical (unpaired) electrons. The molecule has 4 rings (SSSR count). The van der Waals surface area contributed by atoms with E-state index in [0.29, 0.717) is 25.7 Å². The molecule has 0 saturated carbocycles. The Morgan fingerprint density at radius 1 is 1.20 bits per heavy atom. The summed E-state index contributed by atoms with van der Waals surface area (Å²) < 4.78 is 14.1. The number of likely N-dealkylation sites (tertiary alicyclic amines) is 1. The van der Waals surface area contributed by atoms with Crippen molar-refractivity contribution in [1.29, 1.82) is 0 Å². The number of hydrogen-bond donors (Lipinski definition) is 1. The number of aromatic nitrogens is 1. The fourth-order valence-electron chi connectivity index (χ4n) is 4.73. The van der Waals surface area contributed by atoms with E-state index in [1.807, 2.05) is 44.2 Å². The lowest BCUT2D eigenvalue weighted by Crippen LogP contribution is -2.43. The maximum absolute atomic E-state index is 13.1. The standard InChI is InChI=1S/C24H32N2O4/c1-17-13-21(22(28)15-25-11-6-5-7-19(25)10-12-27)18(2)26(17)14-20-16-29-23-8-3-4-9-24(23)30-20/h3-4,8-9,13,19-20,27H,5-7,10-12,14-16H2,1-2H3. The molecule has 2 aliphatic rings. The Hall–Kier alpha value is -2.31. The van der Waals surface area contributed by atoms with Crippen molar-refractivity contribution in [2.24, 2.45) is 0 Å².